The zero-order chi connectivity index (χ0) is 22.1. The lowest BCUT2D eigenvalue weighted by Gasteiger charge is -2.39. The number of aromatic amines is 1. The fourth-order valence-corrected chi connectivity index (χ4v) is 4.67. The number of piperazine rings is 1. The van der Waals surface area contributed by atoms with Gasteiger partial charge in [0.25, 0.3) is 5.56 Å². The van der Waals surface area contributed by atoms with Gasteiger partial charge in [-0.25, -0.2) is 4.68 Å². The predicted molar refractivity (Wildman–Crippen MR) is 123 cm³/mol. The molecule has 9 heteroatoms. The van der Waals surface area contributed by atoms with Crippen molar-refractivity contribution >= 4 is 22.9 Å². The van der Waals surface area contributed by atoms with Crippen molar-refractivity contribution in [3.8, 4) is 5.69 Å². The number of nitrogens with zero attached hydrogens (tertiary/aromatic N) is 6. The Morgan fingerprint density at radius 3 is 2.44 bits per heavy atom. The van der Waals surface area contributed by atoms with Gasteiger partial charge >= 0.3 is 0 Å². The highest BCUT2D eigenvalue weighted by molar-refractivity contribution is 5.81. The van der Waals surface area contributed by atoms with E-state index in [2.05, 4.69) is 19.9 Å². The molecule has 2 aliphatic heterocycles. The Kier molecular flexibility index (Phi) is 5.65. The summed E-state index contributed by atoms with van der Waals surface area (Å²) in [5.74, 6) is 0.785. The average molecular weight is 436 g/mol. The molecule has 0 saturated carbocycles. The summed E-state index contributed by atoms with van der Waals surface area (Å²) < 4.78 is 1.70. The molecule has 5 rings (SSSR count). The minimum atomic E-state index is -0.191. The van der Waals surface area contributed by atoms with Crippen molar-refractivity contribution < 1.29 is 4.79 Å². The Hall–Kier alpha value is -3.20. The lowest BCUT2D eigenvalue weighted by Crippen LogP contribution is -2.55. The number of anilines is 1. The molecule has 2 aliphatic rings. The van der Waals surface area contributed by atoms with Crippen molar-refractivity contribution in [2.75, 3.05) is 44.2 Å². The minimum absolute atomic E-state index is 0.121. The Morgan fingerprint density at radius 1 is 1.00 bits per heavy atom. The van der Waals surface area contributed by atoms with E-state index in [0.717, 1.165) is 44.7 Å². The first-order valence-electron chi connectivity index (χ1n) is 11.4. The van der Waals surface area contributed by atoms with E-state index in [4.69, 9.17) is 4.98 Å². The van der Waals surface area contributed by atoms with Gasteiger partial charge in [0.1, 0.15) is 5.39 Å². The third-order valence-corrected chi connectivity index (χ3v) is 6.61. The van der Waals surface area contributed by atoms with Gasteiger partial charge in [-0.3, -0.25) is 19.5 Å². The molecule has 1 amide bonds. The smallest absolute Gasteiger partial charge is 0.263 e. The second-order valence-electron chi connectivity index (χ2n) is 8.60. The van der Waals surface area contributed by atoms with Crippen LogP contribution in [-0.4, -0.2) is 80.8 Å². The number of rotatable bonds is 4. The van der Waals surface area contributed by atoms with Crippen molar-refractivity contribution in [1.29, 1.82) is 0 Å². The standard InChI is InChI=1S/C23H29N7O2/c1-17(22(32)28-10-6-3-7-11-28)27-12-14-29(15-13-27)23-25-20-19(21(31)26-23)16-24-30(20)18-8-4-2-5-9-18/h2,4-5,8-9,16-17H,3,6-7,10-15H2,1H3,(H,25,26,31)/t17-/m0/s1. The van der Waals surface area contributed by atoms with Gasteiger partial charge in [-0.15, -0.1) is 0 Å². The van der Waals surface area contributed by atoms with Crippen LogP contribution in [0.1, 0.15) is 26.2 Å². The highest BCUT2D eigenvalue weighted by atomic mass is 16.2. The average Bonchev–Trinajstić information content (AvgIpc) is 3.29. The van der Waals surface area contributed by atoms with Gasteiger partial charge in [0.2, 0.25) is 11.9 Å². The number of nitrogens with one attached hydrogen (secondary N) is 1. The van der Waals surface area contributed by atoms with Crippen LogP contribution in [0.3, 0.4) is 0 Å². The molecule has 1 atom stereocenters. The molecular formula is C23H29N7O2. The molecule has 168 valence electrons. The first kappa shape index (κ1) is 20.7. The number of amides is 1. The quantitative estimate of drug-likeness (QED) is 0.670. The van der Waals surface area contributed by atoms with Crippen LogP contribution in [0.5, 0.6) is 0 Å². The van der Waals surface area contributed by atoms with Crippen molar-refractivity contribution in [2.45, 2.75) is 32.2 Å². The van der Waals surface area contributed by atoms with E-state index in [0.29, 0.717) is 30.1 Å². The van der Waals surface area contributed by atoms with Gasteiger partial charge < -0.3 is 9.80 Å². The van der Waals surface area contributed by atoms with Crippen molar-refractivity contribution in [3.05, 3.63) is 46.9 Å². The molecule has 3 aromatic rings. The SMILES string of the molecule is C[C@@H](C(=O)N1CCCCC1)N1CCN(c2nc3c(cnn3-c3ccccc3)c(=O)[nH]2)CC1. The van der Waals surface area contributed by atoms with Crippen LogP contribution in [0.2, 0.25) is 0 Å². The summed E-state index contributed by atoms with van der Waals surface area (Å²) >= 11 is 0. The predicted octanol–water partition coefficient (Wildman–Crippen LogP) is 1.63. The van der Waals surface area contributed by atoms with Gasteiger partial charge in [0.15, 0.2) is 5.65 Å². The van der Waals surface area contributed by atoms with Gasteiger partial charge in [-0.05, 0) is 38.3 Å². The molecule has 2 aromatic heterocycles. The van der Waals surface area contributed by atoms with Crippen LogP contribution in [0.15, 0.2) is 41.3 Å². The largest absolute Gasteiger partial charge is 0.341 e. The summed E-state index contributed by atoms with van der Waals surface area (Å²) in [6, 6.07) is 9.56. The Labute approximate surface area is 186 Å². The van der Waals surface area contributed by atoms with Crippen molar-refractivity contribution in [2.24, 2.45) is 0 Å². The van der Waals surface area contributed by atoms with E-state index in [1.54, 1.807) is 10.9 Å². The first-order valence-corrected chi connectivity index (χ1v) is 11.4. The zero-order valence-electron chi connectivity index (χ0n) is 18.4. The van der Waals surface area contributed by atoms with E-state index in [1.165, 1.54) is 6.42 Å². The summed E-state index contributed by atoms with van der Waals surface area (Å²) in [5, 5.41) is 4.85. The molecule has 1 aromatic carbocycles. The van der Waals surface area contributed by atoms with Crippen LogP contribution >= 0.6 is 0 Å². The molecule has 9 nitrogen and oxygen atoms in total. The molecule has 0 bridgehead atoms. The number of para-hydroxylation sites is 1. The van der Waals surface area contributed by atoms with Gasteiger partial charge in [0, 0.05) is 39.3 Å². The lowest BCUT2D eigenvalue weighted by atomic mass is 10.1. The number of fused-ring (bicyclic) bond motifs is 1. The molecular weight excluding hydrogens is 406 g/mol. The number of aromatic nitrogens is 4. The van der Waals surface area contributed by atoms with E-state index >= 15 is 0 Å². The molecule has 2 fully saturated rings. The molecule has 0 radical (unpaired) electrons. The monoisotopic (exact) mass is 435 g/mol. The van der Waals surface area contributed by atoms with Crippen LogP contribution in [0.4, 0.5) is 5.95 Å². The molecule has 0 aliphatic carbocycles. The van der Waals surface area contributed by atoms with Gasteiger partial charge in [0.05, 0.1) is 17.9 Å². The van der Waals surface area contributed by atoms with Gasteiger partial charge in [-0.2, -0.15) is 10.1 Å². The fourth-order valence-electron chi connectivity index (χ4n) is 4.67. The maximum absolute atomic E-state index is 12.9. The van der Waals surface area contributed by atoms with Gasteiger partial charge in [-0.1, -0.05) is 18.2 Å². The third-order valence-electron chi connectivity index (χ3n) is 6.61. The molecule has 0 spiro atoms. The number of likely N-dealkylation sites (tertiary alicyclic amines) is 1. The number of piperidine rings is 1. The third kappa shape index (κ3) is 3.88. The number of H-pyrrole nitrogens is 1. The van der Waals surface area contributed by atoms with E-state index in [-0.39, 0.29) is 17.5 Å². The summed E-state index contributed by atoms with van der Waals surface area (Å²) in [5.41, 5.74) is 1.22. The van der Waals surface area contributed by atoms with Crippen LogP contribution in [-0.2, 0) is 4.79 Å². The fraction of sp³-hybridized carbons (Fsp3) is 0.478. The second kappa shape index (κ2) is 8.74. The molecule has 32 heavy (non-hydrogen) atoms. The topological polar surface area (TPSA) is 90.4 Å². The van der Waals surface area contributed by atoms with Crippen LogP contribution in [0, 0.1) is 0 Å². The molecule has 2 saturated heterocycles. The Bertz CT molecular complexity index is 1140. The van der Waals surface area contributed by atoms with E-state index in [1.807, 2.05) is 42.2 Å². The van der Waals surface area contributed by atoms with E-state index < -0.39 is 0 Å². The second-order valence-corrected chi connectivity index (χ2v) is 8.60. The highest BCUT2D eigenvalue weighted by Gasteiger charge is 2.30. The number of carbonyl (C=O) groups is 1. The zero-order valence-corrected chi connectivity index (χ0v) is 18.4. The number of carbonyl (C=O) groups excluding carboxylic acids is 1. The number of benzene rings is 1. The maximum Gasteiger partial charge on any atom is 0.263 e. The lowest BCUT2D eigenvalue weighted by molar-refractivity contribution is -0.137. The minimum Gasteiger partial charge on any atom is -0.341 e. The summed E-state index contributed by atoms with van der Waals surface area (Å²) in [7, 11) is 0. The summed E-state index contributed by atoms with van der Waals surface area (Å²) in [4.78, 5) is 39.6. The Morgan fingerprint density at radius 2 is 1.72 bits per heavy atom. The van der Waals surface area contributed by atoms with Crippen LogP contribution in [0.25, 0.3) is 16.7 Å². The van der Waals surface area contributed by atoms with Crippen molar-refractivity contribution in [3.63, 3.8) is 0 Å². The molecule has 4 heterocycles. The normalized spacial score (nSPS) is 18.8. The summed E-state index contributed by atoms with van der Waals surface area (Å²) in [6.07, 6.45) is 4.99. The Balaban J connectivity index is 1.32. The van der Waals surface area contributed by atoms with Crippen LogP contribution < -0.4 is 10.5 Å². The summed E-state index contributed by atoms with van der Waals surface area (Å²) in [6.45, 7) is 6.67. The molecule has 0 unspecified atom stereocenters. The highest BCUT2D eigenvalue weighted by Crippen LogP contribution is 2.19. The number of hydrogen-bond acceptors (Lipinski definition) is 6. The van der Waals surface area contributed by atoms with E-state index in [9.17, 15) is 9.59 Å². The van der Waals surface area contributed by atoms with Crippen molar-refractivity contribution in [1.82, 2.24) is 29.5 Å². The number of hydrogen-bond donors (Lipinski definition) is 1. The molecule has 1 N–H and O–H groups in total. The first-order chi connectivity index (χ1) is 15.6. The maximum atomic E-state index is 12.9.